The Bertz CT molecular complexity index is 216. The lowest BCUT2D eigenvalue weighted by atomic mass is 9.95. The van der Waals surface area contributed by atoms with E-state index in [1.807, 2.05) is 13.8 Å². The molecule has 0 radical (unpaired) electrons. The number of carbonyl (C=O) groups is 1. The lowest BCUT2D eigenvalue weighted by Crippen LogP contribution is -2.44. The van der Waals surface area contributed by atoms with Crippen LogP contribution >= 0.6 is 0 Å². The Morgan fingerprint density at radius 3 is 2.71 bits per heavy atom. The van der Waals surface area contributed by atoms with E-state index in [1.165, 1.54) is 0 Å². The van der Waals surface area contributed by atoms with Crippen LogP contribution in [0.1, 0.15) is 33.6 Å². The second-order valence-electron chi connectivity index (χ2n) is 4.74. The van der Waals surface area contributed by atoms with Gasteiger partial charge in [0.1, 0.15) is 0 Å². The predicted molar refractivity (Wildman–Crippen MR) is 54.4 cm³/mol. The summed E-state index contributed by atoms with van der Waals surface area (Å²) in [7, 11) is 0. The molecule has 1 fully saturated rings. The molecule has 82 valence electrons. The minimum absolute atomic E-state index is 0.0925. The molecule has 0 aromatic heterocycles. The van der Waals surface area contributed by atoms with Gasteiger partial charge in [-0.25, -0.2) is 5.43 Å². The van der Waals surface area contributed by atoms with Gasteiger partial charge in [-0.2, -0.15) is 0 Å². The van der Waals surface area contributed by atoms with Crippen molar-refractivity contribution < 1.29 is 9.90 Å². The molecule has 0 bridgehead atoms. The summed E-state index contributed by atoms with van der Waals surface area (Å²) in [5.41, 5.74) is 2.92. The number of hydrogen-bond acceptors (Lipinski definition) is 3. The number of aliphatic hydroxyl groups is 1. The van der Waals surface area contributed by atoms with Crippen LogP contribution in [0, 0.1) is 5.41 Å². The fourth-order valence-corrected chi connectivity index (χ4v) is 1.51. The molecule has 1 rings (SSSR count). The zero-order valence-electron chi connectivity index (χ0n) is 9.21. The topological polar surface area (TPSA) is 52.6 Å². The Hall–Kier alpha value is -0.610. The molecular weight excluding hydrogens is 180 g/mol. The van der Waals surface area contributed by atoms with E-state index < -0.39 is 0 Å². The second kappa shape index (κ2) is 4.28. The van der Waals surface area contributed by atoms with Gasteiger partial charge in [-0.3, -0.25) is 9.80 Å². The van der Waals surface area contributed by atoms with E-state index >= 15 is 0 Å². The molecule has 1 aliphatic heterocycles. The van der Waals surface area contributed by atoms with E-state index in [2.05, 4.69) is 12.3 Å². The first-order valence-electron chi connectivity index (χ1n) is 5.16. The average Bonchev–Trinajstić information content (AvgIpc) is 2.47. The first kappa shape index (κ1) is 11.5. The molecule has 1 heterocycles. The van der Waals surface area contributed by atoms with Crippen molar-refractivity contribution in [3.63, 3.8) is 0 Å². The van der Waals surface area contributed by atoms with Crippen LogP contribution in [0.5, 0.6) is 0 Å². The number of rotatable bonds is 4. The van der Waals surface area contributed by atoms with Crippen molar-refractivity contribution in [3.05, 3.63) is 0 Å². The fourth-order valence-electron chi connectivity index (χ4n) is 1.51. The van der Waals surface area contributed by atoms with Gasteiger partial charge < -0.3 is 5.11 Å². The maximum Gasteiger partial charge on any atom is 0.238 e. The maximum absolute atomic E-state index is 11.5. The molecule has 14 heavy (non-hydrogen) atoms. The highest BCUT2D eigenvalue weighted by Crippen LogP contribution is 2.19. The van der Waals surface area contributed by atoms with Crippen molar-refractivity contribution in [1.29, 1.82) is 0 Å². The smallest absolute Gasteiger partial charge is 0.238 e. The average molecular weight is 200 g/mol. The third kappa shape index (κ3) is 2.69. The number of aliphatic hydroxyl groups excluding tert-OH is 1. The summed E-state index contributed by atoms with van der Waals surface area (Å²) in [6, 6.07) is 0.275. The molecule has 0 aromatic rings. The first-order chi connectivity index (χ1) is 6.48. The first-order valence-corrected chi connectivity index (χ1v) is 5.16. The number of nitrogens with one attached hydrogen (secondary N) is 1. The molecule has 4 nitrogen and oxygen atoms in total. The predicted octanol–water partition coefficient (Wildman–Crippen LogP) is 0.520. The van der Waals surface area contributed by atoms with Crippen LogP contribution in [0.4, 0.5) is 0 Å². The normalized spacial score (nSPS) is 23.3. The number of carbonyl (C=O) groups excluding carboxylic acids is 1. The van der Waals surface area contributed by atoms with E-state index in [1.54, 1.807) is 5.01 Å². The monoisotopic (exact) mass is 200 g/mol. The van der Waals surface area contributed by atoms with Crippen LogP contribution in [0.25, 0.3) is 0 Å². The largest absolute Gasteiger partial charge is 0.396 e. The minimum atomic E-state index is -0.231. The summed E-state index contributed by atoms with van der Waals surface area (Å²) >= 11 is 0. The summed E-state index contributed by atoms with van der Waals surface area (Å²) in [5, 5.41) is 10.7. The van der Waals surface area contributed by atoms with E-state index in [0.717, 1.165) is 6.42 Å². The van der Waals surface area contributed by atoms with Gasteiger partial charge >= 0.3 is 0 Å². The van der Waals surface area contributed by atoms with Crippen molar-refractivity contribution in [2.45, 2.75) is 39.7 Å². The van der Waals surface area contributed by atoms with E-state index in [4.69, 9.17) is 5.11 Å². The van der Waals surface area contributed by atoms with Crippen molar-refractivity contribution in [2.24, 2.45) is 5.41 Å². The highest BCUT2D eigenvalue weighted by molar-refractivity contribution is 5.78. The molecule has 1 atom stereocenters. The number of hydrogen-bond donors (Lipinski definition) is 2. The number of nitrogens with zero attached hydrogens (tertiary/aromatic N) is 1. The molecule has 1 amide bonds. The van der Waals surface area contributed by atoms with Crippen LogP contribution in [-0.2, 0) is 4.79 Å². The molecule has 1 aliphatic rings. The van der Waals surface area contributed by atoms with Gasteiger partial charge in [-0.15, -0.1) is 0 Å². The van der Waals surface area contributed by atoms with Crippen LogP contribution < -0.4 is 5.43 Å². The molecule has 4 heteroatoms. The highest BCUT2D eigenvalue weighted by Gasteiger charge is 2.31. The summed E-state index contributed by atoms with van der Waals surface area (Å²) in [6.45, 7) is 6.61. The maximum atomic E-state index is 11.5. The Labute approximate surface area is 85.3 Å². The van der Waals surface area contributed by atoms with Crippen molar-refractivity contribution in [3.8, 4) is 0 Å². The lowest BCUT2D eigenvalue weighted by Gasteiger charge is -2.28. The molecule has 1 unspecified atom stereocenters. The van der Waals surface area contributed by atoms with Gasteiger partial charge in [0.05, 0.1) is 0 Å². The van der Waals surface area contributed by atoms with Gasteiger partial charge in [-0.1, -0.05) is 20.8 Å². The Morgan fingerprint density at radius 1 is 1.64 bits per heavy atom. The summed E-state index contributed by atoms with van der Waals surface area (Å²) in [5.74, 6) is 0.137. The van der Waals surface area contributed by atoms with Gasteiger partial charge in [-0.05, 0) is 6.42 Å². The molecular formula is C10H20N2O2. The van der Waals surface area contributed by atoms with Gasteiger partial charge in [0.2, 0.25) is 5.91 Å². The lowest BCUT2D eigenvalue weighted by molar-refractivity contribution is -0.131. The molecule has 2 N–H and O–H groups in total. The van der Waals surface area contributed by atoms with Gasteiger partial charge in [0, 0.05) is 31.0 Å². The third-order valence-corrected chi connectivity index (χ3v) is 2.57. The summed E-state index contributed by atoms with van der Waals surface area (Å²) in [4.78, 5) is 11.5. The molecule has 0 spiro atoms. The fraction of sp³-hybridized carbons (Fsp3) is 0.900. The van der Waals surface area contributed by atoms with Gasteiger partial charge in [0.25, 0.3) is 0 Å². The number of hydrazine groups is 1. The molecule has 0 saturated carbocycles. The Kier molecular flexibility index (Phi) is 3.50. The second-order valence-corrected chi connectivity index (χ2v) is 4.74. The zero-order chi connectivity index (χ0) is 10.8. The Morgan fingerprint density at radius 2 is 2.29 bits per heavy atom. The quantitative estimate of drug-likeness (QED) is 0.695. The van der Waals surface area contributed by atoms with Crippen LogP contribution in [-0.4, -0.2) is 35.2 Å². The number of amides is 1. The van der Waals surface area contributed by atoms with Gasteiger partial charge in [0.15, 0.2) is 0 Å². The van der Waals surface area contributed by atoms with E-state index in [9.17, 15) is 4.79 Å². The zero-order valence-corrected chi connectivity index (χ0v) is 9.21. The van der Waals surface area contributed by atoms with E-state index in [0.29, 0.717) is 13.0 Å². The third-order valence-electron chi connectivity index (χ3n) is 2.57. The van der Waals surface area contributed by atoms with Crippen molar-refractivity contribution >= 4 is 5.91 Å². The van der Waals surface area contributed by atoms with E-state index in [-0.39, 0.29) is 24.0 Å². The summed E-state index contributed by atoms with van der Waals surface area (Å²) < 4.78 is 0. The highest BCUT2D eigenvalue weighted by atomic mass is 16.3. The molecule has 0 aromatic carbocycles. The van der Waals surface area contributed by atoms with Crippen LogP contribution in [0.15, 0.2) is 0 Å². The van der Waals surface area contributed by atoms with Crippen molar-refractivity contribution in [2.75, 3.05) is 13.2 Å². The Balaban J connectivity index is 2.50. The molecule has 1 saturated heterocycles. The van der Waals surface area contributed by atoms with Crippen LogP contribution in [0.2, 0.25) is 0 Å². The minimum Gasteiger partial charge on any atom is -0.396 e. The van der Waals surface area contributed by atoms with Crippen LogP contribution in [0.3, 0.4) is 0 Å². The molecule has 0 aliphatic carbocycles. The SMILES string of the molecule is CCC1CC(=O)N(CC(C)(C)CO)N1. The van der Waals surface area contributed by atoms with Crippen molar-refractivity contribution in [1.82, 2.24) is 10.4 Å². The summed E-state index contributed by atoms with van der Waals surface area (Å²) in [6.07, 6.45) is 1.54. The standard InChI is InChI=1S/C10H20N2O2/c1-4-8-5-9(14)12(11-8)6-10(2,3)7-13/h8,11,13H,4-7H2,1-3H3.